The third-order valence-corrected chi connectivity index (χ3v) is 5.21. The Morgan fingerprint density at radius 2 is 1.83 bits per heavy atom. The van der Waals surface area contributed by atoms with Gasteiger partial charge in [0.25, 0.3) is 0 Å². The Labute approximate surface area is 173 Å². The first-order valence-electron chi connectivity index (χ1n) is 10.0. The molecule has 0 spiro atoms. The number of fused-ring (bicyclic) bond motifs is 1. The van der Waals surface area contributed by atoms with Crippen molar-refractivity contribution in [3.05, 3.63) is 59.8 Å². The SMILES string of the molecule is COc1ccc(CN(C[C@H](O)COc2cccc3[nH]cc(C)c23)C(C)(C)C)cc1. The molecule has 0 amide bonds. The number of aryl methyl sites for hydroxylation is 1. The van der Waals surface area contributed by atoms with Gasteiger partial charge >= 0.3 is 0 Å². The van der Waals surface area contributed by atoms with Crippen LogP contribution in [0, 0.1) is 6.92 Å². The summed E-state index contributed by atoms with van der Waals surface area (Å²) < 4.78 is 11.2. The number of hydrogen-bond acceptors (Lipinski definition) is 4. The Bertz CT molecular complexity index is 925. The first-order valence-corrected chi connectivity index (χ1v) is 10.0. The number of aromatic nitrogens is 1. The molecular weight excluding hydrogens is 364 g/mol. The summed E-state index contributed by atoms with van der Waals surface area (Å²) >= 11 is 0. The highest BCUT2D eigenvalue weighted by Crippen LogP contribution is 2.28. The molecule has 1 atom stereocenters. The Morgan fingerprint density at radius 1 is 1.10 bits per heavy atom. The maximum absolute atomic E-state index is 10.7. The van der Waals surface area contributed by atoms with Gasteiger partial charge in [0.15, 0.2) is 0 Å². The number of nitrogens with one attached hydrogen (secondary N) is 1. The molecule has 0 aliphatic rings. The summed E-state index contributed by atoms with van der Waals surface area (Å²) in [5, 5.41) is 11.8. The number of benzene rings is 2. The number of methoxy groups -OCH3 is 1. The highest BCUT2D eigenvalue weighted by molar-refractivity contribution is 5.89. The van der Waals surface area contributed by atoms with Gasteiger partial charge in [-0.15, -0.1) is 0 Å². The van der Waals surface area contributed by atoms with E-state index >= 15 is 0 Å². The number of aromatic amines is 1. The molecule has 1 heterocycles. The van der Waals surface area contributed by atoms with E-state index in [1.165, 1.54) is 5.56 Å². The van der Waals surface area contributed by atoms with Crippen molar-refractivity contribution < 1.29 is 14.6 Å². The van der Waals surface area contributed by atoms with Gasteiger partial charge in [-0.25, -0.2) is 0 Å². The molecule has 0 unspecified atom stereocenters. The highest BCUT2D eigenvalue weighted by atomic mass is 16.5. The van der Waals surface area contributed by atoms with Crippen LogP contribution >= 0.6 is 0 Å². The molecule has 0 aliphatic heterocycles. The van der Waals surface area contributed by atoms with Gasteiger partial charge in [-0.2, -0.15) is 0 Å². The Balaban J connectivity index is 1.65. The number of β-amino-alcohol motifs (C(OH)–C–C–N with tert-alkyl or cyclic N) is 1. The Kier molecular flexibility index (Phi) is 6.50. The van der Waals surface area contributed by atoms with Crippen LogP contribution in [-0.4, -0.2) is 46.9 Å². The molecule has 2 aromatic carbocycles. The predicted octanol–water partition coefficient (Wildman–Crippen LogP) is 4.53. The fourth-order valence-corrected chi connectivity index (χ4v) is 3.46. The maximum Gasteiger partial charge on any atom is 0.129 e. The van der Waals surface area contributed by atoms with E-state index in [1.807, 2.05) is 36.5 Å². The van der Waals surface area contributed by atoms with Crippen LogP contribution in [0.2, 0.25) is 0 Å². The summed E-state index contributed by atoms with van der Waals surface area (Å²) in [5.74, 6) is 1.65. The van der Waals surface area contributed by atoms with E-state index in [-0.39, 0.29) is 12.1 Å². The number of aliphatic hydroxyl groups excluding tert-OH is 1. The minimum absolute atomic E-state index is 0.0852. The Morgan fingerprint density at radius 3 is 2.48 bits per heavy atom. The number of aliphatic hydroxyl groups is 1. The molecule has 0 aliphatic carbocycles. The fourth-order valence-electron chi connectivity index (χ4n) is 3.46. The third kappa shape index (κ3) is 5.31. The van der Waals surface area contributed by atoms with E-state index in [4.69, 9.17) is 9.47 Å². The molecule has 29 heavy (non-hydrogen) atoms. The average Bonchev–Trinajstić information content (AvgIpc) is 3.07. The van der Waals surface area contributed by atoms with E-state index in [0.29, 0.717) is 6.54 Å². The predicted molar refractivity (Wildman–Crippen MR) is 118 cm³/mol. The minimum Gasteiger partial charge on any atom is -0.497 e. The molecule has 0 saturated carbocycles. The lowest BCUT2D eigenvalue weighted by Gasteiger charge is -2.37. The molecule has 0 radical (unpaired) electrons. The first kappa shape index (κ1) is 21.2. The number of hydrogen-bond donors (Lipinski definition) is 2. The van der Waals surface area contributed by atoms with Gasteiger partial charge in [-0.3, -0.25) is 4.90 Å². The van der Waals surface area contributed by atoms with Crippen LogP contribution in [0.15, 0.2) is 48.7 Å². The van der Waals surface area contributed by atoms with Crippen molar-refractivity contribution in [3.63, 3.8) is 0 Å². The monoisotopic (exact) mass is 396 g/mol. The quantitative estimate of drug-likeness (QED) is 0.588. The van der Waals surface area contributed by atoms with Crippen molar-refractivity contribution >= 4 is 10.9 Å². The lowest BCUT2D eigenvalue weighted by atomic mass is 10.0. The van der Waals surface area contributed by atoms with Crippen molar-refractivity contribution in [1.82, 2.24) is 9.88 Å². The zero-order chi connectivity index (χ0) is 21.0. The molecule has 0 fully saturated rings. The summed E-state index contributed by atoms with van der Waals surface area (Å²) in [4.78, 5) is 5.51. The van der Waals surface area contributed by atoms with E-state index in [1.54, 1.807) is 7.11 Å². The van der Waals surface area contributed by atoms with Gasteiger partial charge in [0.2, 0.25) is 0 Å². The average molecular weight is 397 g/mol. The van der Waals surface area contributed by atoms with Crippen LogP contribution < -0.4 is 9.47 Å². The normalized spacial score (nSPS) is 13.1. The van der Waals surface area contributed by atoms with Gasteiger partial charge in [0, 0.05) is 35.7 Å². The second kappa shape index (κ2) is 8.89. The standard InChI is InChI=1S/C24H32N2O3/c1-17-13-25-21-7-6-8-22(23(17)21)29-16-19(27)15-26(24(2,3)4)14-18-9-11-20(28-5)12-10-18/h6-13,19,25,27H,14-16H2,1-5H3/t19-/m0/s1. The van der Waals surface area contributed by atoms with Crippen LogP contribution in [0.25, 0.3) is 10.9 Å². The van der Waals surface area contributed by atoms with Crippen molar-refractivity contribution in [2.75, 3.05) is 20.3 Å². The number of H-pyrrole nitrogens is 1. The number of ether oxygens (including phenoxy) is 2. The maximum atomic E-state index is 10.7. The van der Waals surface area contributed by atoms with E-state index in [0.717, 1.165) is 34.5 Å². The summed E-state index contributed by atoms with van der Waals surface area (Å²) in [5.41, 5.74) is 3.28. The molecule has 0 bridgehead atoms. The van der Waals surface area contributed by atoms with E-state index in [9.17, 15) is 5.11 Å². The van der Waals surface area contributed by atoms with Crippen LogP contribution in [0.5, 0.6) is 11.5 Å². The smallest absolute Gasteiger partial charge is 0.129 e. The van der Waals surface area contributed by atoms with Crippen molar-refractivity contribution in [2.45, 2.75) is 45.9 Å². The Hall–Kier alpha value is -2.50. The molecule has 0 saturated heterocycles. The molecule has 5 heteroatoms. The molecule has 3 aromatic rings. The lowest BCUT2D eigenvalue weighted by Crippen LogP contribution is -2.46. The van der Waals surface area contributed by atoms with Crippen molar-refractivity contribution in [3.8, 4) is 11.5 Å². The zero-order valence-corrected chi connectivity index (χ0v) is 18.0. The molecule has 156 valence electrons. The number of nitrogens with zero attached hydrogens (tertiary/aromatic N) is 1. The highest BCUT2D eigenvalue weighted by Gasteiger charge is 2.24. The van der Waals surface area contributed by atoms with Gasteiger partial charge in [-0.1, -0.05) is 18.2 Å². The van der Waals surface area contributed by atoms with E-state index in [2.05, 4.69) is 49.7 Å². The van der Waals surface area contributed by atoms with Crippen LogP contribution in [-0.2, 0) is 6.54 Å². The summed E-state index contributed by atoms with van der Waals surface area (Å²) in [7, 11) is 1.67. The van der Waals surface area contributed by atoms with Gasteiger partial charge < -0.3 is 19.6 Å². The molecule has 2 N–H and O–H groups in total. The fraction of sp³-hybridized carbons (Fsp3) is 0.417. The van der Waals surface area contributed by atoms with Crippen LogP contribution in [0.1, 0.15) is 31.9 Å². The topological polar surface area (TPSA) is 57.7 Å². The van der Waals surface area contributed by atoms with Crippen molar-refractivity contribution in [2.24, 2.45) is 0 Å². The number of rotatable bonds is 8. The van der Waals surface area contributed by atoms with Crippen molar-refractivity contribution in [1.29, 1.82) is 0 Å². The molecule has 1 aromatic heterocycles. The lowest BCUT2D eigenvalue weighted by molar-refractivity contribution is 0.0287. The van der Waals surface area contributed by atoms with Crippen LogP contribution in [0.4, 0.5) is 0 Å². The summed E-state index contributed by atoms with van der Waals surface area (Å²) in [6.45, 7) is 10.1. The van der Waals surface area contributed by atoms with Gasteiger partial charge in [0.05, 0.1) is 7.11 Å². The largest absolute Gasteiger partial charge is 0.497 e. The van der Waals surface area contributed by atoms with Gasteiger partial charge in [0.1, 0.15) is 24.2 Å². The second-order valence-electron chi connectivity index (χ2n) is 8.51. The second-order valence-corrected chi connectivity index (χ2v) is 8.51. The van der Waals surface area contributed by atoms with Crippen LogP contribution in [0.3, 0.4) is 0 Å². The van der Waals surface area contributed by atoms with Gasteiger partial charge in [-0.05, 0) is 63.1 Å². The zero-order valence-electron chi connectivity index (χ0n) is 18.0. The molecular formula is C24H32N2O3. The van der Waals surface area contributed by atoms with E-state index < -0.39 is 6.10 Å². The summed E-state index contributed by atoms with van der Waals surface area (Å²) in [6, 6.07) is 14.0. The minimum atomic E-state index is -0.595. The summed E-state index contributed by atoms with van der Waals surface area (Å²) in [6.07, 6.45) is 1.38. The molecule has 3 rings (SSSR count). The first-order chi connectivity index (χ1) is 13.8. The third-order valence-electron chi connectivity index (χ3n) is 5.21. The molecule has 5 nitrogen and oxygen atoms in total.